The first-order valence-electron chi connectivity index (χ1n) is 6.57. The maximum atomic E-state index is 5.74. The molecule has 0 saturated heterocycles. The van der Waals surface area contributed by atoms with Gasteiger partial charge in [0.25, 0.3) is 0 Å². The zero-order chi connectivity index (χ0) is 14.7. The second-order valence-corrected chi connectivity index (χ2v) is 5.52. The molecule has 0 aliphatic heterocycles. The van der Waals surface area contributed by atoms with Crippen molar-refractivity contribution < 1.29 is 4.74 Å². The van der Waals surface area contributed by atoms with Gasteiger partial charge in [-0.25, -0.2) is 4.98 Å². The zero-order valence-electron chi connectivity index (χ0n) is 11.6. The van der Waals surface area contributed by atoms with Gasteiger partial charge in [-0.2, -0.15) is 0 Å². The fourth-order valence-corrected chi connectivity index (χ4v) is 3.02. The van der Waals surface area contributed by atoms with Gasteiger partial charge in [-0.15, -0.1) is 11.3 Å². The van der Waals surface area contributed by atoms with Crippen molar-refractivity contribution in [2.24, 2.45) is 5.73 Å². The smallest absolute Gasteiger partial charge is 0.118 e. The molecule has 0 fully saturated rings. The van der Waals surface area contributed by atoms with Crippen LogP contribution in [-0.4, -0.2) is 17.1 Å². The molecule has 0 aliphatic rings. The lowest BCUT2D eigenvalue weighted by molar-refractivity contribution is 0.415. The Morgan fingerprint density at radius 3 is 2.57 bits per heavy atom. The van der Waals surface area contributed by atoms with Crippen molar-refractivity contribution in [3.63, 3.8) is 0 Å². The normalized spacial score (nSPS) is 10.6. The summed E-state index contributed by atoms with van der Waals surface area (Å²) in [6.45, 7) is 0.431. The predicted octanol–water partition coefficient (Wildman–Crippen LogP) is 3.34. The number of hydrogen-bond acceptors (Lipinski definition) is 5. The van der Waals surface area contributed by atoms with Gasteiger partial charge in [0.15, 0.2) is 0 Å². The average Bonchev–Trinajstić information content (AvgIpc) is 3.00. The van der Waals surface area contributed by atoms with Gasteiger partial charge in [0.2, 0.25) is 0 Å². The van der Waals surface area contributed by atoms with Gasteiger partial charge in [-0.3, -0.25) is 4.98 Å². The number of thiazole rings is 1. The van der Waals surface area contributed by atoms with Crippen LogP contribution in [0.2, 0.25) is 0 Å². The molecule has 0 amide bonds. The van der Waals surface area contributed by atoms with Crippen LogP contribution >= 0.6 is 11.3 Å². The minimum Gasteiger partial charge on any atom is -0.497 e. The molecule has 0 radical (unpaired) electrons. The topological polar surface area (TPSA) is 61.0 Å². The molecular formula is C16H15N3OS. The van der Waals surface area contributed by atoms with E-state index in [4.69, 9.17) is 10.5 Å². The molecule has 3 rings (SSSR count). The number of nitrogens with two attached hydrogens (primary N) is 1. The number of nitrogens with zero attached hydrogens (tertiary/aromatic N) is 2. The van der Waals surface area contributed by atoms with Crippen LogP contribution in [0.4, 0.5) is 0 Å². The highest BCUT2D eigenvalue weighted by Gasteiger charge is 2.15. The SMILES string of the molecule is COc1ccc(-c2sc(CN)nc2-c2ccccn2)cc1. The molecule has 2 aromatic heterocycles. The Kier molecular flexibility index (Phi) is 3.94. The third-order valence-electron chi connectivity index (χ3n) is 3.11. The van der Waals surface area contributed by atoms with E-state index in [1.807, 2.05) is 42.5 Å². The monoisotopic (exact) mass is 297 g/mol. The third kappa shape index (κ3) is 2.79. The van der Waals surface area contributed by atoms with E-state index in [1.165, 1.54) is 0 Å². The van der Waals surface area contributed by atoms with E-state index in [2.05, 4.69) is 9.97 Å². The number of pyridine rings is 1. The molecular weight excluding hydrogens is 282 g/mol. The molecule has 2 heterocycles. The minimum absolute atomic E-state index is 0.431. The van der Waals surface area contributed by atoms with E-state index in [0.29, 0.717) is 6.54 Å². The van der Waals surface area contributed by atoms with E-state index < -0.39 is 0 Å². The first kappa shape index (κ1) is 13.7. The Balaban J connectivity index is 2.10. The summed E-state index contributed by atoms with van der Waals surface area (Å²) in [6.07, 6.45) is 1.77. The van der Waals surface area contributed by atoms with Crippen molar-refractivity contribution in [3.05, 3.63) is 53.7 Å². The molecule has 0 aliphatic carbocycles. The third-order valence-corrected chi connectivity index (χ3v) is 4.23. The van der Waals surface area contributed by atoms with Gasteiger partial charge in [0, 0.05) is 12.7 Å². The Morgan fingerprint density at radius 1 is 1.14 bits per heavy atom. The quantitative estimate of drug-likeness (QED) is 0.802. The highest BCUT2D eigenvalue weighted by Crippen LogP contribution is 2.36. The molecule has 3 aromatic rings. The van der Waals surface area contributed by atoms with Gasteiger partial charge >= 0.3 is 0 Å². The predicted molar refractivity (Wildman–Crippen MR) is 85.2 cm³/mol. The van der Waals surface area contributed by atoms with Crippen molar-refractivity contribution in [2.75, 3.05) is 7.11 Å². The number of methoxy groups -OCH3 is 1. The van der Waals surface area contributed by atoms with Crippen molar-refractivity contribution in [3.8, 4) is 27.6 Å². The average molecular weight is 297 g/mol. The number of benzene rings is 1. The Labute approximate surface area is 127 Å². The fraction of sp³-hybridized carbons (Fsp3) is 0.125. The lowest BCUT2D eigenvalue weighted by atomic mass is 10.1. The highest BCUT2D eigenvalue weighted by molar-refractivity contribution is 7.15. The summed E-state index contributed by atoms with van der Waals surface area (Å²) < 4.78 is 5.20. The standard InChI is InChI=1S/C16H15N3OS/c1-20-12-7-5-11(6-8-12)16-15(19-14(10-17)21-16)13-4-2-3-9-18-13/h2-9H,10,17H2,1H3. The summed E-state index contributed by atoms with van der Waals surface area (Å²) in [4.78, 5) is 10.1. The highest BCUT2D eigenvalue weighted by atomic mass is 32.1. The van der Waals surface area contributed by atoms with E-state index in [-0.39, 0.29) is 0 Å². The van der Waals surface area contributed by atoms with Gasteiger partial charge < -0.3 is 10.5 Å². The lowest BCUT2D eigenvalue weighted by Gasteiger charge is -2.03. The molecule has 4 nitrogen and oxygen atoms in total. The first-order valence-corrected chi connectivity index (χ1v) is 7.39. The maximum absolute atomic E-state index is 5.74. The summed E-state index contributed by atoms with van der Waals surface area (Å²) in [5.74, 6) is 0.835. The van der Waals surface area contributed by atoms with Crippen LogP contribution in [-0.2, 0) is 6.54 Å². The van der Waals surface area contributed by atoms with E-state index >= 15 is 0 Å². The van der Waals surface area contributed by atoms with Crippen LogP contribution in [0, 0.1) is 0 Å². The second-order valence-electron chi connectivity index (χ2n) is 4.43. The molecule has 2 N–H and O–H groups in total. The first-order chi connectivity index (χ1) is 10.3. The molecule has 21 heavy (non-hydrogen) atoms. The van der Waals surface area contributed by atoms with E-state index in [1.54, 1.807) is 24.6 Å². The summed E-state index contributed by atoms with van der Waals surface area (Å²) in [6, 6.07) is 13.8. The molecule has 5 heteroatoms. The van der Waals surface area contributed by atoms with Gasteiger partial charge in [0.1, 0.15) is 16.5 Å². The summed E-state index contributed by atoms with van der Waals surface area (Å²) in [7, 11) is 1.66. The van der Waals surface area contributed by atoms with E-state index in [0.717, 1.165) is 32.6 Å². The Hall–Kier alpha value is -2.24. The van der Waals surface area contributed by atoms with Crippen LogP contribution in [0.15, 0.2) is 48.7 Å². The van der Waals surface area contributed by atoms with Gasteiger partial charge in [0.05, 0.1) is 17.7 Å². The molecule has 0 saturated carbocycles. The molecule has 0 atom stereocenters. The second kappa shape index (κ2) is 6.03. The Morgan fingerprint density at radius 2 is 1.95 bits per heavy atom. The molecule has 1 aromatic carbocycles. The van der Waals surface area contributed by atoms with Crippen molar-refractivity contribution in [1.29, 1.82) is 0 Å². The molecule has 106 valence electrons. The lowest BCUT2D eigenvalue weighted by Crippen LogP contribution is -1.94. The number of rotatable bonds is 4. The number of hydrogen-bond donors (Lipinski definition) is 1. The van der Waals surface area contributed by atoms with Crippen LogP contribution in [0.3, 0.4) is 0 Å². The van der Waals surface area contributed by atoms with Gasteiger partial charge in [-0.1, -0.05) is 6.07 Å². The maximum Gasteiger partial charge on any atom is 0.118 e. The van der Waals surface area contributed by atoms with Crippen molar-refractivity contribution in [1.82, 2.24) is 9.97 Å². The summed E-state index contributed by atoms with van der Waals surface area (Å²) in [5, 5.41) is 0.904. The summed E-state index contributed by atoms with van der Waals surface area (Å²) in [5.41, 5.74) is 8.57. The zero-order valence-corrected chi connectivity index (χ0v) is 12.4. The molecule has 0 unspecified atom stereocenters. The number of aromatic nitrogens is 2. The Bertz CT molecular complexity index is 723. The number of ether oxygens (including phenoxy) is 1. The van der Waals surface area contributed by atoms with Crippen LogP contribution < -0.4 is 10.5 Å². The van der Waals surface area contributed by atoms with Crippen LogP contribution in [0.5, 0.6) is 5.75 Å². The van der Waals surface area contributed by atoms with Crippen LogP contribution in [0.25, 0.3) is 21.8 Å². The molecule has 0 bridgehead atoms. The van der Waals surface area contributed by atoms with Crippen LogP contribution in [0.1, 0.15) is 5.01 Å². The molecule has 0 spiro atoms. The minimum atomic E-state index is 0.431. The van der Waals surface area contributed by atoms with Crippen molar-refractivity contribution in [2.45, 2.75) is 6.54 Å². The fourth-order valence-electron chi connectivity index (χ4n) is 2.07. The van der Waals surface area contributed by atoms with E-state index in [9.17, 15) is 0 Å². The van der Waals surface area contributed by atoms with Gasteiger partial charge in [-0.05, 0) is 42.0 Å². The van der Waals surface area contributed by atoms with Crippen molar-refractivity contribution >= 4 is 11.3 Å². The largest absolute Gasteiger partial charge is 0.497 e. The summed E-state index contributed by atoms with van der Waals surface area (Å²) >= 11 is 1.60.